The molecule has 113 heavy (non-hydrogen) atoms. The number of benzene rings is 21. The van der Waals surface area contributed by atoms with E-state index in [0.29, 0.717) is 0 Å². The van der Waals surface area contributed by atoms with Crippen LogP contribution in [-0.4, -0.2) is 0 Å². The van der Waals surface area contributed by atoms with E-state index in [9.17, 15) is 0 Å². The van der Waals surface area contributed by atoms with Crippen molar-refractivity contribution in [3.63, 3.8) is 0 Å². The summed E-state index contributed by atoms with van der Waals surface area (Å²) < 4.78 is 0. The smallest absolute Gasteiger partial charge is 0.0159 e. The van der Waals surface area contributed by atoms with Crippen LogP contribution in [0.15, 0.2) is 425 Å². The Bertz CT molecular complexity index is 7250. The topological polar surface area (TPSA) is 0 Å². The number of fused-ring (bicyclic) bond motifs is 11. The van der Waals surface area contributed by atoms with E-state index in [1.165, 1.54) is 220 Å². The Morgan fingerprint density at radius 3 is 0.920 bits per heavy atom. The Hall–Kier alpha value is -14.3. The van der Waals surface area contributed by atoms with E-state index in [4.69, 9.17) is 0 Å². The lowest BCUT2D eigenvalue weighted by Gasteiger charge is -2.22. The average molecular weight is 1430 g/mol. The molecule has 0 saturated heterocycles. The van der Waals surface area contributed by atoms with Crippen LogP contribution in [0.3, 0.4) is 0 Å². The van der Waals surface area contributed by atoms with E-state index in [2.05, 4.69) is 438 Å². The molecule has 22 rings (SSSR count). The summed E-state index contributed by atoms with van der Waals surface area (Å²) in [6.45, 7) is 4.72. The van der Waals surface area contributed by atoms with E-state index in [1.54, 1.807) is 0 Å². The van der Waals surface area contributed by atoms with E-state index in [-0.39, 0.29) is 5.41 Å². The summed E-state index contributed by atoms with van der Waals surface area (Å²) in [6, 6.07) is 157. The van der Waals surface area contributed by atoms with Crippen LogP contribution < -0.4 is 0 Å². The molecular formula is C113H76. The summed E-state index contributed by atoms with van der Waals surface area (Å²) >= 11 is 0. The normalized spacial score (nSPS) is 12.2. The molecule has 0 radical (unpaired) electrons. The Labute approximate surface area is 659 Å². The van der Waals surface area contributed by atoms with Crippen molar-refractivity contribution >= 4 is 86.2 Å². The molecule has 21 aromatic rings. The predicted molar refractivity (Wildman–Crippen MR) is 485 cm³/mol. The first-order valence-electron chi connectivity index (χ1n) is 39.4. The van der Waals surface area contributed by atoms with Gasteiger partial charge in [-0.3, -0.25) is 0 Å². The predicted octanol–water partition coefficient (Wildman–Crippen LogP) is 31.6. The number of hydrogen-bond acceptors (Lipinski definition) is 0. The van der Waals surface area contributed by atoms with Crippen molar-refractivity contribution in [1.29, 1.82) is 0 Å². The third-order valence-corrected chi connectivity index (χ3v) is 24.1. The highest BCUT2D eigenvalue weighted by Gasteiger charge is 2.35. The second kappa shape index (κ2) is 27.7. The summed E-state index contributed by atoms with van der Waals surface area (Å²) in [6.07, 6.45) is 0. The van der Waals surface area contributed by atoms with Gasteiger partial charge in [-0.2, -0.15) is 0 Å². The van der Waals surface area contributed by atoms with Crippen molar-refractivity contribution in [3.05, 3.63) is 436 Å². The van der Waals surface area contributed by atoms with Gasteiger partial charge in [0.15, 0.2) is 0 Å². The van der Waals surface area contributed by atoms with Crippen molar-refractivity contribution in [2.75, 3.05) is 0 Å². The van der Waals surface area contributed by atoms with Crippen LogP contribution in [0.5, 0.6) is 0 Å². The molecule has 0 fully saturated rings. The first-order chi connectivity index (χ1) is 55.8. The van der Waals surface area contributed by atoms with Crippen LogP contribution >= 0.6 is 0 Å². The minimum absolute atomic E-state index is 0.0360. The van der Waals surface area contributed by atoms with Gasteiger partial charge >= 0.3 is 0 Å². The number of hydrogen-bond donors (Lipinski definition) is 0. The van der Waals surface area contributed by atoms with Crippen LogP contribution in [-0.2, 0) is 5.41 Å². The SMILES string of the molecule is CC1(C)c2ccccc2-c2ccc(-c3ccc4c(-c5cccc6ccccc56)c5ccccc5c(-c5ccccc5)c4c3)cc21.c1ccc(-c2ccc(-c3c4ccccc4c(-c4ccc(-c5ccccc5)cc4)c4cc(-c5ccc(-c6c7ccccc7c(-c7ccc8ccccc8c7)c7ccccc67)cc5)ccc34)cc2)cc1. The zero-order chi connectivity index (χ0) is 75.1. The van der Waals surface area contributed by atoms with E-state index >= 15 is 0 Å². The van der Waals surface area contributed by atoms with Crippen molar-refractivity contribution in [1.82, 2.24) is 0 Å². The van der Waals surface area contributed by atoms with Crippen molar-refractivity contribution < 1.29 is 0 Å². The quantitative estimate of drug-likeness (QED) is 0.120. The molecule has 0 atom stereocenters. The van der Waals surface area contributed by atoms with Crippen molar-refractivity contribution in [3.8, 4) is 122 Å². The molecule has 0 spiro atoms. The second-order valence-electron chi connectivity index (χ2n) is 30.8. The molecule has 0 aliphatic heterocycles. The highest BCUT2D eigenvalue weighted by molar-refractivity contribution is 6.26. The first kappa shape index (κ1) is 66.9. The molecule has 21 aromatic carbocycles. The lowest BCUT2D eigenvalue weighted by atomic mass is 9.81. The van der Waals surface area contributed by atoms with Gasteiger partial charge in [0.1, 0.15) is 0 Å². The van der Waals surface area contributed by atoms with Gasteiger partial charge in [-0.1, -0.05) is 414 Å². The Morgan fingerprint density at radius 2 is 0.416 bits per heavy atom. The summed E-state index contributed by atoms with van der Waals surface area (Å²) in [5, 5.41) is 20.2. The van der Waals surface area contributed by atoms with E-state index in [0.717, 1.165) is 0 Å². The van der Waals surface area contributed by atoms with Gasteiger partial charge in [-0.15, -0.1) is 0 Å². The minimum Gasteiger partial charge on any atom is -0.0622 e. The molecule has 1 aliphatic carbocycles. The highest BCUT2D eigenvalue weighted by Crippen LogP contribution is 2.53. The Kier molecular flexibility index (Phi) is 16.4. The lowest BCUT2D eigenvalue weighted by Crippen LogP contribution is -2.14. The van der Waals surface area contributed by atoms with Gasteiger partial charge in [0.25, 0.3) is 0 Å². The van der Waals surface area contributed by atoms with Gasteiger partial charge in [0.2, 0.25) is 0 Å². The molecule has 0 bridgehead atoms. The summed E-state index contributed by atoms with van der Waals surface area (Å²) in [4.78, 5) is 0. The third kappa shape index (κ3) is 11.5. The third-order valence-electron chi connectivity index (χ3n) is 24.1. The van der Waals surface area contributed by atoms with Crippen LogP contribution in [0.2, 0.25) is 0 Å². The summed E-state index contributed by atoms with van der Waals surface area (Å²) in [7, 11) is 0. The molecular weight excluding hydrogens is 1360 g/mol. The Balaban J connectivity index is 0.000000155. The maximum absolute atomic E-state index is 2.44. The van der Waals surface area contributed by atoms with Crippen LogP contribution in [0.25, 0.3) is 209 Å². The molecule has 0 saturated carbocycles. The summed E-state index contributed by atoms with van der Waals surface area (Å²) in [5.74, 6) is 0. The monoisotopic (exact) mass is 1430 g/mol. The molecule has 1 aliphatic rings. The zero-order valence-corrected chi connectivity index (χ0v) is 62.9. The standard InChI is InChI=1S/C68H44.C45H32/c1-3-15-45(16-4-1)48-27-34-52(35-28-48)66-57-21-9-12-24-60(57)67(53-36-29-49(30-37-53)46-17-5-2-6-18-46)64-44-55(41-42-63(64)66)50-31-38-51(39-32-50)65-58-22-10-13-25-61(58)68(62-26-14-11-23-59(62)65)56-40-33-47-19-7-8-20-54(47)43-56;1-45(2)41-22-11-10-18-34(41)35-25-23-32(28-42(35)45)31-24-26-39-40(27-31)43(30-14-4-3-5-15-30)37-19-8-9-20-38(37)44(39)36-21-12-16-29-13-6-7-17-33(29)36/h1-44H;3-28H,1-2H3. The van der Waals surface area contributed by atoms with Gasteiger partial charge in [-0.05, 0) is 244 Å². The van der Waals surface area contributed by atoms with Gasteiger partial charge < -0.3 is 0 Å². The van der Waals surface area contributed by atoms with Crippen LogP contribution in [0.1, 0.15) is 25.0 Å². The van der Waals surface area contributed by atoms with Crippen LogP contribution in [0, 0.1) is 0 Å². The van der Waals surface area contributed by atoms with Crippen molar-refractivity contribution in [2.24, 2.45) is 0 Å². The summed E-state index contributed by atoms with van der Waals surface area (Å²) in [5.41, 5.74) is 30.3. The fraction of sp³-hybridized carbons (Fsp3) is 0.0265. The van der Waals surface area contributed by atoms with Gasteiger partial charge in [0, 0.05) is 5.41 Å². The molecule has 528 valence electrons. The molecule has 0 amide bonds. The first-order valence-corrected chi connectivity index (χ1v) is 39.4. The number of rotatable bonds is 10. The molecule has 0 N–H and O–H groups in total. The van der Waals surface area contributed by atoms with Crippen LogP contribution in [0.4, 0.5) is 0 Å². The Morgan fingerprint density at radius 1 is 0.133 bits per heavy atom. The molecule has 0 unspecified atom stereocenters. The van der Waals surface area contributed by atoms with Gasteiger partial charge in [0.05, 0.1) is 0 Å². The fourth-order valence-corrected chi connectivity index (χ4v) is 18.7. The molecule has 0 heterocycles. The average Bonchev–Trinajstić information content (AvgIpc) is 1.70. The van der Waals surface area contributed by atoms with E-state index < -0.39 is 0 Å². The fourth-order valence-electron chi connectivity index (χ4n) is 18.7. The molecule has 0 heteroatoms. The van der Waals surface area contributed by atoms with Crippen molar-refractivity contribution in [2.45, 2.75) is 19.3 Å². The highest BCUT2D eigenvalue weighted by atomic mass is 14.4. The minimum atomic E-state index is -0.0360. The van der Waals surface area contributed by atoms with Gasteiger partial charge in [-0.25, -0.2) is 0 Å². The lowest BCUT2D eigenvalue weighted by molar-refractivity contribution is 0.660. The largest absolute Gasteiger partial charge is 0.0622 e. The zero-order valence-electron chi connectivity index (χ0n) is 62.9. The maximum atomic E-state index is 2.44. The maximum Gasteiger partial charge on any atom is 0.0159 e. The molecule has 0 nitrogen and oxygen atoms in total. The second-order valence-corrected chi connectivity index (χ2v) is 30.8. The van der Waals surface area contributed by atoms with E-state index in [1.807, 2.05) is 0 Å². The molecule has 0 aromatic heterocycles.